The van der Waals surface area contributed by atoms with E-state index in [2.05, 4.69) is 20.8 Å². The first-order chi connectivity index (χ1) is 5.97. The van der Waals surface area contributed by atoms with E-state index in [4.69, 9.17) is 0 Å². The average Bonchev–Trinajstić information content (AvgIpc) is 2.00. The highest BCUT2D eigenvalue weighted by atomic mass is 32.2. The van der Waals surface area contributed by atoms with Crippen LogP contribution in [0.3, 0.4) is 0 Å². The Hall–Kier alpha value is -0.630. The summed E-state index contributed by atoms with van der Waals surface area (Å²) in [6.45, 7) is 6.63. The van der Waals surface area contributed by atoms with Crippen LogP contribution in [0.25, 0.3) is 0 Å². The molecule has 1 N–H and O–H groups in total. The van der Waals surface area contributed by atoms with Crippen molar-refractivity contribution in [1.82, 2.24) is 0 Å². The summed E-state index contributed by atoms with van der Waals surface area (Å²) in [5, 5.41) is 9.23. The molecule has 0 atom stereocenters. The van der Waals surface area contributed by atoms with Crippen LogP contribution < -0.4 is 0 Å². The smallest absolute Gasteiger partial charge is 0.116 e. The molecule has 0 saturated heterocycles. The zero-order valence-electron chi connectivity index (χ0n) is 8.37. The van der Waals surface area contributed by atoms with E-state index in [1.54, 1.807) is 23.9 Å². The van der Waals surface area contributed by atoms with Gasteiger partial charge in [0.1, 0.15) is 5.75 Å². The van der Waals surface area contributed by atoms with Gasteiger partial charge in [-0.05, 0) is 23.6 Å². The van der Waals surface area contributed by atoms with Crippen molar-refractivity contribution in [2.45, 2.75) is 25.7 Å². The number of benzene rings is 1. The van der Waals surface area contributed by atoms with Crippen molar-refractivity contribution in [1.29, 1.82) is 0 Å². The molecule has 0 aliphatic carbocycles. The number of phenols is 1. The summed E-state index contributed by atoms with van der Waals surface area (Å²) < 4.78 is 0. The summed E-state index contributed by atoms with van der Waals surface area (Å²) in [7, 11) is 0. The minimum Gasteiger partial charge on any atom is -0.508 e. The van der Waals surface area contributed by atoms with E-state index in [9.17, 15) is 5.11 Å². The fourth-order valence-electron chi connectivity index (χ4n) is 0.873. The van der Waals surface area contributed by atoms with Gasteiger partial charge in [0.25, 0.3) is 0 Å². The average molecular weight is 196 g/mol. The van der Waals surface area contributed by atoms with Crippen LogP contribution in [-0.2, 0) is 0 Å². The Morgan fingerprint density at radius 3 is 2.54 bits per heavy atom. The van der Waals surface area contributed by atoms with Gasteiger partial charge in [-0.15, -0.1) is 11.8 Å². The molecule has 1 aromatic carbocycles. The third kappa shape index (κ3) is 4.23. The van der Waals surface area contributed by atoms with Crippen molar-refractivity contribution < 1.29 is 5.11 Å². The number of hydrogen-bond donors (Lipinski definition) is 1. The molecule has 0 radical (unpaired) electrons. The first-order valence-electron chi connectivity index (χ1n) is 4.39. The Kier molecular flexibility index (Phi) is 3.26. The van der Waals surface area contributed by atoms with Gasteiger partial charge in [0.15, 0.2) is 0 Å². The molecule has 0 aliphatic rings. The molecule has 72 valence electrons. The number of rotatable bonds is 2. The molecule has 0 spiro atoms. The Morgan fingerprint density at radius 2 is 2.00 bits per heavy atom. The maximum Gasteiger partial charge on any atom is 0.116 e. The second-order valence-corrected chi connectivity index (χ2v) is 5.40. The summed E-state index contributed by atoms with van der Waals surface area (Å²) in [5.41, 5.74) is 0.329. The highest BCUT2D eigenvalue weighted by molar-refractivity contribution is 7.99. The molecule has 0 unspecified atom stereocenters. The van der Waals surface area contributed by atoms with Gasteiger partial charge in [0, 0.05) is 10.6 Å². The van der Waals surface area contributed by atoms with Crippen LogP contribution in [0.2, 0.25) is 0 Å². The molecule has 0 bridgehead atoms. The van der Waals surface area contributed by atoms with Gasteiger partial charge < -0.3 is 5.11 Å². The molecule has 0 aromatic heterocycles. The second kappa shape index (κ2) is 4.05. The van der Waals surface area contributed by atoms with Crippen LogP contribution in [0.15, 0.2) is 29.2 Å². The van der Waals surface area contributed by atoms with Crippen molar-refractivity contribution in [3.63, 3.8) is 0 Å². The monoisotopic (exact) mass is 196 g/mol. The molecule has 0 fully saturated rings. The number of phenolic OH excluding ortho intramolecular Hbond substituents is 1. The first kappa shape index (κ1) is 10.5. The van der Waals surface area contributed by atoms with Crippen LogP contribution in [-0.4, -0.2) is 10.9 Å². The van der Waals surface area contributed by atoms with E-state index in [0.29, 0.717) is 11.2 Å². The highest BCUT2D eigenvalue weighted by Crippen LogP contribution is 2.28. The van der Waals surface area contributed by atoms with E-state index in [1.165, 1.54) is 0 Å². The van der Waals surface area contributed by atoms with E-state index >= 15 is 0 Å². The molecule has 0 amide bonds. The molecular weight excluding hydrogens is 180 g/mol. The Labute approximate surface area is 84.2 Å². The summed E-state index contributed by atoms with van der Waals surface area (Å²) in [6, 6.07) is 7.40. The highest BCUT2D eigenvalue weighted by Gasteiger charge is 2.10. The van der Waals surface area contributed by atoms with Crippen molar-refractivity contribution in [3.8, 4) is 5.75 Å². The van der Waals surface area contributed by atoms with Gasteiger partial charge in [0.05, 0.1) is 0 Å². The predicted octanol–water partition coefficient (Wildman–Crippen LogP) is 3.53. The van der Waals surface area contributed by atoms with Gasteiger partial charge >= 0.3 is 0 Å². The van der Waals surface area contributed by atoms with Crippen molar-refractivity contribution in [3.05, 3.63) is 24.3 Å². The Morgan fingerprint density at radius 1 is 1.31 bits per heavy atom. The molecular formula is C11H16OS. The normalized spacial score (nSPS) is 11.6. The van der Waals surface area contributed by atoms with E-state index < -0.39 is 0 Å². The fourth-order valence-corrected chi connectivity index (χ4v) is 1.85. The Balaban J connectivity index is 2.55. The van der Waals surface area contributed by atoms with Gasteiger partial charge in [0.2, 0.25) is 0 Å². The zero-order chi connectivity index (χ0) is 9.90. The van der Waals surface area contributed by atoms with Crippen molar-refractivity contribution in [2.75, 3.05) is 5.75 Å². The third-order valence-electron chi connectivity index (χ3n) is 1.49. The largest absolute Gasteiger partial charge is 0.508 e. The number of thioether (sulfide) groups is 1. The van der Waals surface area contributed by atoms with Crippen LogP contribution in [0.4, 0.5) is 0 Å². The predicted molar refractivity (Wildman–Crippen MR) is 58.3 cm³/mol. The van der Waals surface area contributed by atoms with Crippen LogP contribution >= 0.6 is 11.8 Å². The van der Waals surface area contributed by atoms with Crippen molar-refractivity contribution >= 4 is 11.8 Å². The molecule has 1 aromatic rings. The molecule has 0 heterocycles. The van der Waals surface area contributed by atoms with Crippen molar-refractivity contribution in [2.24, 2.45) is 5.41 Å². The summed E-state index contributed by atoms with van der Waals surface area (Å²) in [5.74, 6) is 1.41. The number of aromatic hydroxyl groups is 1. The van der Waals surface area contributed by atoms with Gasteiger partial charge in [-0.2, -0.15) is 0 Å². The van der Waals surface area contributed by atoms with Crippen LogP contribution in [0, 0.1) is 5.41 Å². The molecule has 2 heteroatoms. The first-order valence-corrected chi connectivity index (χ1v) is 5.38. The summed E-state index contributed by atoms with van der Waals surface area (Å²) in [4.78, 5) is 1.13. The standard InChI is InChI=1S/C11H16OS/c1-11(2,3)8-13-10-6-4-5-9(12)7-10/h4-7,12H,8H2,1-3H3. The molecule has 1 rings (SSSR count). The van der Waals surface area contributed by atoms with Gasteiger partial charge in [-0.1, -0.05) is 26.8 Å². The topological polar surface area (TPSA) is 20.2 Å². The van der Waals surface area contributed by atoms with Crippen LogP contribution in [0.1, 0.15) is 20.8 Å². The lowest BCUT2D eigenvalue weighted by Gasteiger charge is -2.17. The lowest BCUT2D eigenvalue weighted by Crippen LogP contribution is -2.07. The molecule has 13 heavy (non-hydrogen) atoms. The third-order valence-corrected chi connectivity index (χ3v) is 3.09. The Bertz CT molecular complexity index is 276. The SMILES string of the molecule is CC(C)(C)CSc1cccc(O)c1. The molecule has 1 nitrogen and oxygen atoms in total. The minimum absolute atomic E-state index is 0.329. The molecule has 0 aliphatic heterocycles. The quantitative estimate of drug-likeness (QED) is 0.730. The van der Waals surface area contributed by atoms with E-state index in [-0.39, 0.29) is 0 Å². The maximum atomic E-state index is 9.23. The zero-order valence-corrected chi connectivity index (χ0v) is 9.19. The second-order valence-electron chi connectivity index (χ2n) is 4.35. The summed E-state index contributed by atoms with van der Waals surface area (Å²) in [6.07, 6.45) is 0. The van der Waals surface area contributed by atoms with Gasteiger partial charge in [-0.25, -0.2) is 0 Å². The van der Waals surface area contributed by atoms with Crippen LogP contribution in [0.5, 0.6) is 5.75 Å². The van der Waals surface area contributed by atoms with E-state index in [1.807, 2.05) is 12.1 Å². The minimum atomic E-state index is 0.329. The van der Waals surface area contributed by atoms with Gasteiger partial charge in [-0.3, -0.25) is 0 Å². The van der Waals surface area contributed by atoms with E-state index in [0.717, 1.165) is 10.6 Å². The maximum absolute atomic E-state index is 9.23. The lowest BCUT2D eigenvalue weighted by atomic mass is 10.0. The summed E-state index contributed by atoms with van der Waals surface area (Å²) >= 11 is 1.78. The number of hydrogen-bond acceptors (Lipinski definition) is 2. The lowest BCUT2D eigenvalue weighted by molar-refractivity contribution is 0.473. The molecule has 0 saturated carbocycles. The fraction of sp³-hybridized carbons (Fsp3) is 0.455.